The minimum Gasteiger partial charge on any atom is -0.394 e. The van der Waals surface area contributed by atoms with Gasteiger partial charge in [0.25, 0.3) is 0 Å². The number of amides is 6. The number of aromatic amines is 1. The fourth-order valence-electron chi connectivity index (χ4n) is 6.44. The number of nitrogens with two attached hydrogens (primary N) is 2. The van der Waals surface area contributed by atoms with E-state index >= 15 is 0 Å². The predicted octanol–water partition coefficient (Wildman–Crippen LogP) is 1.80. The number of likely N-dealkylation sites (N-methyl/N-ethyl adjacent to an activating group) is 1. The lowest BCUT2D eigenvalue weighted by Gasteiger charge is -2.24. The number of rotatable bonds is 29. The fourth-order valence-corrected chi connectivity index (χ4v) is 8.34. The summed E-state index contributed by atoms with van der Waals surface area (Å²) >= 11 is 0. The largest absolute Gasteiger partial charge is 0.394 e. The van der Waals surface area contributed by atoms with Crippen molar-refractivity contribution in [2.45, 2.75) is 103 Å². The van der Waals surface area contributed by atoms with Gasteiger partial charge in [-0.2, -0.15) is 0 Å². The second-order valence-electron chi connectivity index (χ2n) is 16.6. The molecule has 4 rings (SSSR count). The average molecular weight is 1040 g/mol. The molecule has 0 fully saturated rings. The third-order valence-electron chi connectivity index (χ3n) is 10.7. The van der Waals surface area contributed by atoms with Gasteiger partial charge in [0, 0.05) is 53.9 Å². The van der Waals surface area contributed by atoms with E-state index in [4.69, 9.17) is 21.7 Å². The topological polar surface area (TPSA) is 320 Å². The Balaban J connectivity index is 0.000000658. The molecule has 1 heterocycles. The van der Waals surface area contributed by atoms with Crippen molar-refractivity contribution in [3.8, 4) is 0 Å². The molecule has 7 unspecified atom stereocenters. The minimum atomic E-state index is -1.08. The maximum absolute atomic E-state index is 12.6. The SMILES string of the molecule is CC(Cc1ccccc1)C(N)=O.CC(O)C(CO)NC=O.CNC(CCCCN)C(=O)NC(C(=O)NCCSSCCC(=O)NC(Cc1ccccc1)C(=O)NCC=O)C(C)O.Cc1c[nH]c2ccccc12. The first-order valence-corrected chi connectivity index (χ1v) is 26.3. The van der Waals surface area contributed by atoms with Crippen molar-refractivity contribution in [1.29, 1.82) is 0 Å². The van der Waals surface area contributed by atoms with E-state index in [1.165, 1.54) is 51.9 Å². The number of H-pyrrole nitrogens is 1. The number of unbranched alkanes of at least 4 members (excludes halogenated alkanes) is 1. The van der Waals surface area contributed by atoms with E-state index in [2.05, 4.69) is 62.0 Å². The Morgan fingerprint density at radius 2 is 1.36 bits per heavy atom. The molecule has 6 amide bonds. The number of carbonyl (C=O) groups is 7. The van der Waals surface area contributed by atoms with Gasteiger partial charge in [-0.25, -0.2) is 0 Å². The number of aliphatic hydroxyl groups excluding tert-OH is 3. The monoisotopic (exact) mass is 1040 g/mol. The molecule has 0 saturated carbocycles. The van der Waals surface area contributed by atoms with Gasteiger partial charge in [0.05, 0.1) is 37.4 Å². The van der Waals surface area contributed by atoms with Crippen LogP contribution in [0.1, 0.15) is 63.1 Å². The molecule has 19 nitrogen and oxygen atoms in total. The van der Waals surface area contributed by atoms with E-state index in [0.717, 1.165) is 30.4 Å². The molecule has 0 aliphatic heterocycles. The van der Waals surface area contributed by atoms with Crippen molar-refractivity contribution >= 4 is 74.7 Å². The number of aryl methyl sites for hydroxylation is 1. The molecule has 0 saturated heterocycles. The highest BCUT2D eigenvalue weighted by Gasteiger charge is 2.28. The molecule has 0 spiro atoms. The fraction of sp³-hybridized carbons (Fsp3) is 0.471. The summed E-state index contributed by atoms with van der Waals surface area (Å²) in [5.74, 6) is -0.833. The molecule has 14 N–H and O–H groups in total. The van der Waals surface area contributed by atoms with Crippen LogP contribution in [0.4, 0.5) is 0 Å². The summed E-state index contributed by atoms with van der Waals surface area (Å²) in [6.07, 6.45) is 4.63. The van der Waals surface area contributed by atoms with Crippen molar-refractivity contribution in [3.05, 3.63) is 108 Å². The maximum atomic E-state index is 12.6. The standard InChI is InChI=1S/C27H44N6O6S2.C10H13NO.C9H9N.C5H11NO3/c1-19(35)24(33-26(38)21(29-2)10-6-7-12-28)27(39)31-14-17-41-40-16-11-23(36)32-22(25(37)30-13-15-34)18-20-8-4-3-5-9-20;1-8(10(11)12)7-9-5-3-2-4-6-9;1-7-6-10-9-5-3-2-4-8(7)9;1-4(9)5(2-7)6-3-8/h3-5,8-9,15,19,21-22,24,29,35H,6-7,10-14,16-18,28H2,1-2H3,(H,30,37)(H,31,39)(H,32,36)(H,33,38);2-6,8H,7H2,1H3,(H2,11,12);2-6,10H,1H3;3-5,7,9H,2H2,1H3,(H,6,8). The van der Waals surface area contributed by atoms with Crippen molar-refractivity contribution in [1.82, 2.24) is 36.9 Å². The number of hydrogen-bond donors (Lipinski definition) is 12. The molecule has 1 aromatic heterocycles. The van der Waals surface area contributed by atoms with Crippen LogP contribution in [0.5, 0.6) is 0 Å². The van der Waals surface area contributed by atoms with E-state index in [1.54, 1.807) is 7.05 Å². The summed E-state index contributed by atoms with van der Waals surface area (Å²) in [6, 6.07) is 24.6. The summed E-state index contributed by atoms with van der Waals surface area (Å²) in [5, 5.41) is 44.3. The van der Waals surface area contributed by atoms with Crippen molar-refractivity contribution < 1.29 is 48.9 Å². The normalized spacial score (nSPS) is 13.4. The number of aliphatic hydroxyl groups is 3. The third-order valence-corrected chi connectivity index (χ3v) is 13.1. The summed E-state index contributed by atoms with van der Waals surface area (Å²) < 4.78 is 0. The molecule has 72 heavy (non-hydrogen) atoms. The number of hydrogen-bond acceptors (Lipinski definition) is 14. The first-order chi connectivity index (χ1) is 34.5. The average Bonchev–Trinajstić information content (AvgIpc) is 3.75. The number of benzene rings is 3. The molecule has 3 aromatic carbocycles. The number of fused-ring (bicyclic) bond motifs is 1. The highest BCUT2D eigenvalue weighted by molar-refractivity contribution is 8.76. The summed E-state index contributed by atoms with van der Waals surface area (Å²) in [4.78, 5) is 84.3. The van der Waals surface area contributed by atoms with Gasteiger partial charge in [0.1, 0.15) is 18.4 Å². The number of carbonyl (C=O) groups excluding carboxylic acids is 7. The van der Waals surface area contributed by atoms with Gasteiger partial charge in [-0.1, -0.05) is 114 Å². The predicted molar refractivity (Wildman–Crippen MR) is 286 cm³/mol. The Kier molecular flexibility index (Phi) is 34.6. The van der Waals surface area contributed by atoms with Crippen molar-refractivity contribution in [2.24, 2.45) is 17.4 Å². The number of aldehydes is 1. The van der Waals surface area contributed by atoms with E-state index in [9.17, 15) is 38.7 Å². The first-order valence-electron chi connectivity index (χ1n) is 23.8. The first kappa shape index (κ1) is 64.2. The zero-order chi connectivity index (χ0) is 53.7. The van der Waals surface area contributed by atoms with Gasteiger partial charge in [0.2, 0.25) is 35.9 Å². The van der Waals surface area contributed by atoms with Crippen LogP contribution in [0.25, 0.3) is 10.9 Å². The molecule has 0 aliphatic carbocycles. The zero-order valence-corrected chi connectivity index (χ0v) is 43.6. The van der Waals surface area contributed by atoms with Gasteiger partial charge in [-0.05, 0) is 76.4 Å². The lowest BCUT2D eigenvalue weighted by atomic mass is 10.0. The smallest absolute Gasteiger partial charge is 0.245 e. The molecule has 0 aliphatic rings. The highest BCUT2D eigenvalue weighted by Crippen LogP contribution is 2.21. The lowest BCUT2D eigenvalue weighted by molar-refractivity contribution is -0.132. The van der Waals surface area contributed by atoms with Gasteiger partial charge >= 0.3 is 0 Å². The number of nitrogens with one attached hydrogen (secondary N) is 7. The summed E-state index contributed by atoms with van der Waals surface area (Å²) in [7, 11) is 4.58. The zero-order valence-electron chi connectivity index (χ0n) is 42.0. The van der Waals surface area contributed by atoms with Crippen LogP contribution in [0, 0.1) is 12.8 Å². The van der Waals surface area contributed by atoms with Crippen molar-refractivity contribution in [3.63, 3.8) is 0 Å². The minimum absolute atomic E-state index is 0.0765. The van der Waals surface area contributed by atoms with E-state index in [1.807, 2.05) is 79.9 Å². The number of aromatic nitrogens is 1. The number of primary amides is 1. The molecule has 0 bridgehead atoms. The summed E-state index contributed by atoms with van der Waals surface area (Å²) in [5.41, 5.74) is 15.2. The molecule has 4 aromatic rings. The lowest BCUT2D eigenvalue weighted by Crippen LogP contribution is -2.56. The van der Waals surface area contributed by atoms with Crippen LogP contribution < -0.4 is 43.4 Å². The Bertz CT molecular complexity index is 2150. The Hall–Kier alpha value is -5.81. The van der Waals surface area contributed by atoms with Crippen LogP contribution >= 0.6 is 21.6 Å². The second-order valence-corrected chi connectivity index (χ2v) is 19.3. The third kappa shape index (κ3) is 27.7. The van der Waals surface area contributed by atoms with Gasteiger partial charge in [0.15, 0.2) is 0 Å². The molecule has 398 valence electrons. The molecule has 7 atom stereocenters. The molecule has 0 radical (unpaired) electrons. The number of para-hydroxylation sites is 1. The maximum Gasteiger partial charge on any atom is 0.245 e. The van der Waals surface area contributed by atoms with Crippen LogP contribution in [-0.4, -0.2) is 144 Å². The van der Waals surface area contributed by atoms with E-state index in [0.29, 0.717) is 50.1 Å². The molecular weight excluding hydrogens is 963 g/mol. The second kappa shape index (κ2) is 38.8. The van der Waals surface area contributed by atoms with Gasteiger partial charge in [-0.3, -0.25) is 28.8 Å². The Labute approximate surface area is 431 Å². The van der Waals surface area contributed by atoms with E-state index < -0.39 is 48.2 Å². The van der Waals surface area contributed by atoms with Crippen LogP contribution in [0.3, 0.4) is 0 Å². The van der Waals surface area contributed by atoms with Gasteiger partial charge in [-0.15, -0.1) is 0 Å². The highest BCUT2D eigenvalue weighted by atomic mass is 33.1. The van der Waals surface area contributed by atoms with E-state index in [-0.39, 0.29) is 43.2 Å². The van der Waals surface area contributed by atoms with Crippen LogP contribution in [0.15, 0.2) is 91.1 Å². The van der Waals surface area contributed by atoms with Gasteiger partial charge < -0.3 is 68.5 Å². The quantitative estimate of drug-likeness (QED) is 0.0210. The van der Waals surface area contributed by atoms with Crippen molar-refractivity contribution in [2.75, 3.05) is 44.8 Å². The molecular formula is C51H77N9O10S2. The van der Waals surface area contributed by atoms with Crippen LogP contribution in [-0.2, 0) is 46.4 Å². The van der Waals surface area contributed by atoms with Crippen LogP contribution in [0.2, 0.25) is 0 Å². The Morgan fingerprint density at radius 1 is 0.750 bits per heavy atom. The Morgan fingerprint density at radius 3 is 1.89 bits per heavy atom. The summed E-state index contributed by atoms with van der Waals surface area (Å²) in [6.45, 7) is 7.38. The molecule has 21 heteroatoms.